The van der Waals surface area contributed by atoms with Crippen molar-refractivity contribution >= 4 is 11.7 Å². The molecule has 1 saturated carbocycles. The summed E-state index contributed by atoms with van der Waals surface area (Å²) in [7, 11) is 0. The highest BCUT2D eigenvalue weighted by atomic mass is 16.2. The van der Waals surface area contributed by atoms with Crippen molar-refractivity contribution in [2.24, 2.45) is 23.2 Å². The third kappa shape index (κ3) is 1.70. The van der Waals surface area contributed by atoms with Crippen LogP contribution in [0.25, 0.3) is 0 Å². The van der Waals surface area contributed by atoms with Crippen molar-refractivity contribution in [3.05, 3.63) is 23.9 Å². The quantitative estimate of drug-likeness (QED) is 0.705. The lowest BCUT2D eigenvalue weighted by molar-refractivity contribution is -0.135. The van der Waals surface area contributed by atoms with E-state index in [-0.39, 0.29) is 29.4 Å². The van der Waals surface area contributed by atoms with Gasteiger partial charge in [0.15, 0.2) is 5.78 Å². The third-order valence-electron chi connectivity index (χ3n) is 5.84. The maximum atomic E-state index is 12.8. The Morgan fingerprint density at radius 2 is 1.73 bits per heavy atom. The second-order valence-electron chi connectivity index (χ2n) is 6.42. The summed E-state index contributed by atoms with van der Waals surface area (Å²) in [6.07, 6.45) is 6.08. The minimum absolute atomic E-state index is 0.106. The summed E-state index contributed by atoms with van der Waals surface area (Å²) < 4.78 is 0. The first-order valence-electron chi connectivity index (χ1n) is 8.55. The summed E-state index contributed by atoms with van der Waals surface area (Å²) in [5, 5.41) is 0. The average Bonchev–Trinajstić information content (AvgIpc) is 2.88. The van der Waals surface area contributed by atoms with E-state index in [0.29, 0.717) is 13.1 Å². The Morgan fingerprint density at radius 1 is 1.09 bits per heavy atom. The maximum absolute atomic E-state index is 12.8. The molecule has 0 N–H and O–H groups in total. The van der Waals surface area contributed by atoms with Crippen molar-refractivity contribution in [3.8, 4) is 0 Å². The molecule has 3 aliphatic carbocycles. The maximum Gasteiger partial charge on any atom is 0.227 e. The van der Waals surface area contributed by atoms with Crippen molar-refractivity contribution in [1.82, 2.24) is 9.80 Å². The van der Waals surface area contributed by atoms with Crippen molar-refractivity contribution in [1.29, 1.82) is 0 Å². The monoisotopic (exact) mass is 302 g/mol. The molecule has 22 heavy (non-hydrogen) atoms. The number of carbonyl (C=O) groups excluding carboxylic acids is 2. The van der Waals surface area contributed by atoms with E-state index in [2.05, 4.69) is 30.9 Å². The summed E-state index contributed by atoms with van der Waals surface area (Å²) in [6.45, 7) is 11.5. The predicted molar refractivity (Wildman–Crippen MR) is 86.0 cm³/mol. The molecule has 3 aliphatic rings. The Bertz CT molecular complexity index is 557. The summed E-state index contributed by atoms with van der Waals surface area (Å²) in [6, 6.07) is 0. The molecule has 0 aliphatic heterocycles. The zero-order chi connectivity index (χ0) is 16.1. The molecule has 0 aromatic rings. The lowest BCUT2D eigenvalue weighted by atomic mass is 9.88. The molecule has 0 saturated heterocycles. The fourth-order valence-electron chi connectivity index (χ4n) is 4.63. The number of carbonyl (C=O) groups is 2. The first kappa shape index (κ1) is 15.3. The average molecular weight is 302 g/mol. The molecule has 0 aromatic heterocycles. The molecule has 120 valence electrons. The lowest BCUT2D eigenvalue weighted by Gasteiger charge is -2.28. The Kier molecular flexibility index (Phi) is 3.66. The summed E-state index contributed by atoms with van der Waals surface area (Å²) in [5.41, 5.74) is 0.640. The molecule has 0 heterocycles. The molecule has 0 bridgehead atoms. The van der Waals surface area contributed by atoms with Gasteiger partial charge in [-0.05, 0) is 27.7 Å². The van der Waals surface area contributed by atoms with Gasteiger partial charge in [0.1, 0.15) is 0 Å². The number of hydrogen-bond donors (Lipinski definition) is 0. The first-order valence-corrected chi connectivity index (χ1v) is 8.55. The Morgan fingerprint density at radius 3 is 2.27 bits per heavy atom. The highest BCUT2D eigenvalue weighted by molar-refractivity contribution is 6.08. The number of nitrogens with zero attached hydrogens (tertiary/aromatic N) is 2. The van der Waals surface area contributed by atoms with E-state index >= 15 is 0 Å². The molecule has 3 rings (SSSR count). The van der Waals surface area contributed by atoms with Crippen LogP contribution >= 0.6 is 0 Å². The van der Waals surface area contributed by atoms with Crippen LogP contribution in [0.15, 0.2) is 23.9 Å². The van der Waals surface area contributed by atoms with E-state index in [1.807, 2.05) is 24.8 Å². The zero-order valence-corrected chi connectivity index (χ0v) is 14.0. The summed E-state index contributed by atoms with van der Waals surface area (Å²) >= 11 is 0. The topological polar surface area (TPSA) is 40.6 Å². The van der Waals surface area contributed by atoms with Gasteiger partial charge in [-0.3, -0.25) is 9.59 Å². The molecule has 1 amide bonds. The number of amides is 1. The van der Waals surface area contributed by atoms with Crippen LogP contribution in [0.3, 0.4) is 0 Å². The number of rotatable bonds is 6. The molecule has 4 heteroatoms. The van der Waals surface area contributed by atoms with E-state index < -0.39 is 5.41 Å². The van der Waals surface area contributed by atoms with Crippen molar-refractivity contribution in [2.75, 3.05) is 26.2 Å². The van der Waals surface area contributed by atoms with Gasteiger partial charge in [-0.25, -0.2) is 0 Å². The van der Waals surface area contributed by atoms with E-state index in [1.54, 1.807) is 0 Å². The van der Waals surface area contributed by atoms with E-state index in [0.717, 1.165) is 18.8 Å². The smallest absolute Gasteiger partial charge is 0.227 e. The highest BCUT2D eigenvalue weighted by Gasteiger charge is 2.78. The third-order valence-corrected chi connectivity index (χ3v) is 5.84. The molecule has 1 spiro atoms. The van der Waals surface area contributed by atoms with Crippen LogP contribution in [0.4, 0.5) is 0 Å². The van der Waals surface area contributed by atoms with Crippen molar-refractivity contribution in [3.63, 3.8) is 0 Å². The van der Waals surface area contributed by atoms with Crippen LogP contribution in [0.5, 0.6) is 0 Å². The molecule has 0 aromatic carbocycles. The molecule has 1 fully saturated rings. The fourth-order valence-corrected chi connectivity index (χ4v) is 4.63. The second kappa shape index (κ2) is 5.25. The largest absolute Gasteiger partial charge is 0.375 e. The SMILES string of the molecule is CCN(CC)C(=O)C1C2C=CC3C(N(CC)CC)=CC(=O)C321. The van der Waals surface area contributed by atoms with Gasteiger partial charge >= 0.3 is 0 Å². The lowest BCUT2D eigenvalue weighted by Crippen LogP contribution is -2.36. The minimum Gasteiger partial charge on any atom is -0.375 e. The Hall–Kier alpha value is -1.58. The molecule has 4 nitrogen and oxygen atoms in total. The van der Waals surface area contributed by atoms with Gasteiger partial charge in [-0.1, -0.05) is 12.2 Å². The predicted octanol–water partition coefficient (Wildman–Crippen LogP) is 2.08. The van der Waals surface area contributed by atoms with Gasteiger partial charge in [0, 0.05) is 49.8 Å². The summed E-state index contributed by atoms with van der Waals surface area (Å²) in [4.78, 5) is 29.7. The Balaban J connectivity index is 1.89. The van der Waals surface area contributed by atoms with Crippen LogP contribution in [-0.4, -0.2) is 47.7 Å². The number of ketones is 1. The summed E-state index contributed by atoms with van der Waals surface area (Å²) in [5.74, 6) is 0.405. The van der Waals surface area contributed by atoms with Crippen molar-refractivity contribution in [2.45, 2.75) is 27.7 Å². The van der Waals surface area contributed by atoms with Gasteiger partial charge in [0.25, 0.3) is 0 Å². The number of hydrogen-bond acceptors (Lipinski definition) is 3. The molecule has 4 unspecified atom stereocenters. The molecular weight excluding hydrogens is 276 g/mol. The van der Waals surface area contributed by atoms with Crippen LogP contribution in [0.1, 0.15) is 27.7 Å². The first-order chi connectivity index (χ1) is 10.6. The Labute approximate surface area is 132 Å². The van der Waals surface area contributed by atoms with Gasteiger partial charge in [-0.15, -0.1) is 0 Å². The molecule has 0 radical (unpaired) electrons. The fraction of sp³-hybridized carbons (Fsp3) is 0.667. The van der Waals surface area contributed by atoms with Crippen molar-refractivity contribution < 1.29 is 9.59 Å². The van der Waals surface area contributed by atoms with E-state index in [9.17, 15) is 9.59 Å². The van der Waals surface area contributed by atoms with E-state index in [1.165, 1.54) is 0 Å². The highest BCUT2D eigenvalue weighted by Crippen LogP contribution is 2.72. The number of allylic oxidation sites excluding steroid dienone is 3. The molecule has 4 atom stereocenters. The van der Waals surface area contributed by atoms with Gasteiger partial charge in [0.05, 0.1) is 11.3 Å². The zero-order valence-electron chi connectivity index (χ0n) is 14.0. The molecular formula is C18H26N2O2. The van der Waals surface area contributed by atoms with Gasteiger partial charge in [0.2, 0.25) is 5.91 Å². The van der Waals surface area contributed by atoms with Gasteiger partial charge < -0.3 is 9.80 Å². The van der Waals surface area contributed by atoms with Crippen LogP contribution in [-0.2, 0) is 9.59 Å². The second-order valence-corrected chi connectivity index (χ2v) is 6.42. The standard InChI is InChI=1S/C18H26N2O2/c1-5-19(6-2)14-11-15(21)18-12(14)9-10-13(18)16(18)17(22)20(7-3)8-4/h9-13,16H,5-8H2,1-4H3. The van der Waals surface area contributed by atoms with E-state index in [4.69, 9.17) is 0 Å². The van der Waals surface area contributed by atoms with Crippen LogP contribution in [0.2, 0.25) is 0 Å². The van der Waals surface area contributed by atoms with Crippen LogP contribution < -0.4 is 0 Å². The van der Waals surface area contributed by atoms with Crippen LogP contribution in [0, 0.1) is 23.2 Å². The van der Waals surface area contributed by atoms with Gasteiger partial charge in [-0.2, -0.15) is 0 Å². The minimum atomic E-state index is -0.475. The normalized spacial score (nSPS) is 34.3.